The minimum atomic E-state index is -1.19. The van der Waals surface area contributed by atoms with Crippen molar-refractivity contribution in [3.8, 4) is 0 Å². The fourth-order valence-electron chi connectivity index (χ4n) is 0. The molecule has 0 rings (SSSR count). The molecule has 7 heteroatoms. The van der Waals surface area contributed by atoms with Crippen LogP contribution in [0.1, 0.15) is 41.5 Å². The number of rotatable bonds is 2. The van der Waals surface area contributed by atoms with Crippen molar-refractivity contribution in [2.75, 3.05) is 0 Å². The Morgan fingerprint density at radius 2 is 0.857 bits per heavy atom. The molecule has 0 aliphatic rings. The van der Waals surface area contributed by atoms with Gasteiger partial charge >= 0.3 is 21.7 Å². The van der Waals surface area contributed by atoms with Gasteiger partial charge in [-0.15, -0.1) is 0 Å². The van der Waals surface area contributed by atoms with Crippen LogP contribution in [-0.2, 0) is 31.3 Å². The van der Waals surface area contributed by atoms with Crippen molar-refractivity contribution in [1.29, 1.82) is 0 Å². The van der Waals surface area contributed by atoms with E-state index in [1.807, 2.05) is 0 Å². The smallest absolute Gasteiger partial charge is 0.545 e. The maximum atomic E-state index is 9.49. The third kappa shape index (κ3) is 111. The normalized spacial score (nSPS) is 7.71. The second-order valence-corrected chi connectivity index (χ2v) is 4.32. The Morgan fingerprint density at radius 3 is 0.857 bits per heavy atom. The summed E-state index contributed by atoms with van der Waals surface area (Å²) in [6.07, 6.45) is -0.333. The molecule has 21 heavy (non-hydrogen) atoms. The molecule has 0 saturated heterocycles. The van der Waals surface area contributed by atoms with E-state index in [-0.39, 0.29) is 45.1 Å². The minimum absolute atomic E-state index is 0. The summed E-state index contributed by atoms with van der Waals surface area (Å²) >= 11 is 0. The van der Waals surface area contributed by atoms with Crippen LogP contribution < -0.4 is 10.2 Å². The Morgan fingerprint density at radius 1 is 0.810 bits per heavy atom. The van der Waals surface area contributed by atoms with Gasteiger partial charge in [0, 0.05) is 12.2 Å². The minimum Gasteiger partial charge on any atom is -0.545 e. The first-order valence-corrected chi connectivity index (χ1v) is 5.85. The van der Waals surface area contributed by atoms with E-state index in [0.717, 1.165) is 0 Å². The average Bonchev–Trinajstić information content (AvgIpc) is 2.15. The molecule has 0 aromatic carbocycles. The Bertz CT molecular complexity index is 238. The second kappa shape index (κ2) is 21.4. The topological polar surface area (TPSA) is 121 Å². The molecule has 0 unspecified atom stereocenters. The summed E-state index contributed by atoms with van der Waals surface area (Å²) in [5, 5.41) is 35.1. The number of aliphatic hydroxyl groups is 2. The fourth-order valence-corrected chi connectivity index (χ4v) is 0. The van der Waals surface area contributed by atoms with Crippen LogP contribution in [0.2, 0.25) is 0 Å². The van der Waals surface area contributed by atoms with Crippen LogP contribution in [0.3, 0.4) is 0 Å². The van der Waals surface area contributed by atoms with E-state index in [2.05, 4.69) is 13.2 Å². The molecule has 122 valence electrons. The summed E-state index contributed by atoms with van der Waals surface area (Å²) in [6, 6.07) is 0. The van der Waals surface area contributed by atoms with E-state index >= 15 is 0 Å². The molecule has 0 aliphatic heterocycles. The molecule has 2 N–H and O–H groups in total. The molecule has 0 spiro atoms. The zero-order valence-electron chi connectivity index (χ0n) is 13.6. The van der Waals surface area contributed by atoms with Gasteiger partial charge in [-0.05, 0) is 52.7 Å². The maximum Gasteiger partial charge on any atom is 2.00 e. The predicted octanol–water partition coefficient (Wildman–Crippen LogP) is -0.603. The third-order valence-corrected chi connectivity index (χ3v) is 0.697. The molecular formula is C14H26O6Ti. The molecule has 6 nitrogen and oxygen atoms in total. The standard InChI is InChI=1S/2C4H6O2.2C3H8O.Ti/c2*1-3(2)4(5)6;2*1-3(2)4;/h2*1H2,2H3,(H,5,6);2*3-4H,1-2H3;/q;;;;+2/p-2. The van der Waals surface area contributed by atoms with Crippen molar-refractivity contribution in [2.45, 2.75) is 53.8 Å². The van der Waals surface area contributed by atoms with Crippen LogP contribution in [0.4, 0.5) is 0 Å². The molecule has 0 radical (unpaired) electrons. The van der Waals surface area contributed by atoms with E-state index in [1.54, 1.807) is 27.7 Å². The molecule has 0 fully saturated rings. The van der Waals surface area contributed by atoms with Crippen LogP contribution in [0.15, 0.2) is 24.3 Å². The molecule has 0 aromatic heterocycles. The number of aliphatic hydroxyl groups excluding tert-OH is 2. The first-order chi connectivity index (χ1) is 8.75. The van der Waals surface area contributed by atoms with E-state index in [1.165, 1.54) is 13.8 Å². The van der Waals surface area contributed by atoms with Gasteiger partial charge in [-0.25, -0.2) is 0 Å². The van der Waals surface area contributed by atoms with Gasteiger partial charge in [-0.1, -0.05) is 13.2 Å². The summed E-state index contributed by atoms with van der Waals surface area (Å²) in [5.74, 6) is -2.37. The number of hydrogen-bond donors (Lipinski definition) is 2. The molecule has 0 heterocycles. The predicted molar refractivity (Wildman–Crippen MR) is 74.4 cm³/mol. The van der Waals surface area contributed by atoms with Crippen molar-refractivity contribution in [3.63, 3.8) is 0 Å². The molecule has 0 aromatic rings. The van der Waals surface area contributed by atoms with E-state index in [4.69, 9.17) is 10.2 Å². The van der Waals surface area contributed by atoms with Crippen LogP contribution in [-0.4, -0.2) is 34.4 Å². The number of carboxylic acids is 2. The summed E-state index contributed by atoms with van der Waals surface area (Å²) < 4.78 is 0. The van der Waals surface area contributed by atoms with Crippen LogP contribution >= 0.6 is 0 Å². The largest absolute Gasteiger partial charge is 2.00 e. The van der Waals surface area contributed by atoms with Crippen molar-refractivity contribution < 1.29 is 51.7 Å². The van der Waals surface area contributed by atoms with Crippen molar-refractivity contribution in [1.82, 2.24) is 0 Å². The third-order valence-electron chi connectivity index (χ3n) is 0.697. The number of carboxylic acid groups (broad SMARTS) is 2. The summed E-state index contributed by atoms with van der Waals surface area (Å²) in [6.45, 7) is 15.8. The monoisotopic (exact) mass is 338 g/mol. The van der Waals surface area contributed by atoms with E-state index in [9.17, 15) is 19.8 Å². The average molecular weight is 338 g/mol. The van der Waals surface area contributed by atoms with Gasteiger partial charge in [0.2, 0.25) is 0 Å². The molecule has 0 aliphatic carbocycles. The summed E-state index contributed by atoms with van der Waals surface area (Å²) in [7, 11) is 0. The quantitative estimate of drug-likeness (QED) is 0.512. The molecular weight excluding hydrogens is 312 g/mol. The van der Waals surface area contributed by atoms with Crippen LogP contribution in [0.25, 0.3) is 0 Å². The van der Waals surface area contributed by atoms with Crippen LogP contribution in [0.5, 0.6) is 0 Å². The Hall–Kier alpha value is -0.946. The van der Waals surface area contributed by atoms with Crippen molar-refractivity contribution in [2.24, 2.45) is 0 Å². The van der Waals surface area contributed by atoms with Crippen molar-refractivity contribution in [3.05, 3.63) is 24.3 Å². The Balaban J connectivity index is -0.0000000544. The van der Waals surface area contributed by atoms with Gasteiger partial charge in [0.15, 0.2) is 0 Å². The van der Waals surface area contributed by atoms with Crippen molar-refractivity contribution >= 4 is 11.9 Å². The van der Waals surface area contributed by atoms with Gasteiger partial charge < -0.3 is 30.0 Å². The number of aliphatic carboxylic acids is 2. The van der Waals surface area contributed by atoms with E-state index in [0.29, 0.717) is 0 Å². The molecule has 0 bridgehead atoms. The molecule has 0 amide bonds. The maximum absolute atomic E-state index is 9.49. The number of hydrogen-bond acceptors (Lipinski definition) is 6. The first-order valence-electron chi connectivity index (χ1n) is 5.85. The van der Waals surface area contributed by atoms with Gasteiger partial charge in [0.05, 0.1) is 11.9 Å². The molecule has 0 saturated carbocycles. The van der Waals surface area contributed by atoms with Gasteiger partial charge in [0.1, 0.15) is 0 Å². The number of carbonyl (C=O) groups is 2. The Kier molecular flexibility index (Phi) is 32.7. The zero-order chi connectivity index (χ0) is 17.5. The Labute approximate surface area is 142 Å². The zero-order valence-corrected chi connectivity index (χ0v) is 15.2. The summed E-state index contributed by atoms with van der Waals surface area (Å²) in [5.41, 5.74) is 0.130. The van der Waals surface area contributed by atoms with E-state index < -0.39 is 11.9 Å². The van der Waals surface area contributed by atoms with Gasteiger partial charge in [-0.2, -0.15) is 0 Å². The number of carbonyl (C=O) groups excluding carboxylic acids is 2. The van der Waals surface area contributed by atoms with Crippen LogP contribution in [0, 0.1) is 0 Å². The fraction of sp³-hybridized carbons (Fsp3) is 0.571. The SMILES string of the molecule is C=C(C)C(=O)[O-].C=C(C)C(=O)[O-].CC(C)O.CC(C)O.[Ti+2]. The van der Waals surface area contributed by atoms with Gasteiger partial charge in [-0.3, -0.25) is 0 Å². The molecule has 0 atom stereocenters. The van der Waals surface area contributed by atoms with Gasteiger partial charge in [0.25, 0.3) is 0 Å². The second-order valence-electron chi connectivity index (χ2n) is 4.32. The first kappa shape index (κ1) is 32.1. The summed E-state index contributed by atoms with van der Waals surface area (Å²) in [4.78, 5) is 19.0.